The molecule has 1 heterocycles. The fraction of sp³-hybridized carbons (Fsp3) is 0.154. The molecule has 0 saturated carbocycles. The van der Waals surface area contributed by atoms with Crippen molar-refractivity contribution < 1.29 is 23.1 Å². The third kappa shape index (κ3) is 7.25. The van der Waals surface area contributed by atoms with E-state index in [-0.39, 0.29) is 16.5 Å². The summed E-state index contributed by atoms with van der Waals surface area (Å²) in [5.41, 5.74) is 6.15. The number of halogens is 1. The summed E-state index contributed by atoms with van der Waals surface area (Å²) in [7, 11) is -3.43. The molecule has 0 spiro atoms. The molecule has 6 aromatic rings. The first-order valence-corrected chi connectivity index (χ1v) is 17.9. The molecule has 6 rings (SSSR count). The van der Waals surface area contributed by atoms with Crippen molar-refractivity contribution in [3.63, 3.8) is 0 Å². The molecule has 0 amide bonds. The Labute approximate surface area is 285 Å². The number of hydrogen-bond donors (Lipinski definition) is 2. The molecule has 0 atom stereocenters. The monoisotopic (exact) mass is 678 g/mol. The van der Waals surface area contributed by atoms with E-state index in [0.29, 0.717) is 42.5 Å². The van der Waals surface area contributed by atoms with E-state index >= 15 is 0 Å². The largest absolute Gasteiger partial charge is 0.493 e. The second-order valence-corrected chi connectivity index (χ2v) is 14.0. The van der Waals surface area contributed by atoms with Gasteiger partial charge in [0.05, 0.1) is 28.8 Å². The Morgan fingerprint density at radius 3 is 2.08 bits per heavy atom. The maximum absolute atomic E-state index is 12.5. The van der Waals surface area contributed by atoms with E-state index in [2.05, 4.69) is 40.2 Å². The van der Waals surface area contributed by atoms with Crippen LogP contribution in [0.2, 0.25) is 5.02 Å². The van der Waals surface area contributed by atoms with Crippen molar-refractivity contribution in [2.75, 3.05) is 24.7 Å². The summed E-state index contributed by atoms with van der Waals surface area (Å²) < 4.78 is 33.6. The number of carboxylic acids is 1. The highest BCUT2D eigenvalue weighted by Crippen LogP contribution is 2.38. The summed E-state index contributed by atoms with van der Waals surface area (Å²) in [5.74, 6) is -0.413. The quantitative estimate of drug-likeness (QED) is 0.128. The molecule has 0 saturated heterocycles. The van der Waals surface area contributed by atoms with Crippen LogP contribution in [-0.2, 0) is 22.7 Å². The lowest BCUT2D eigenvalue weighted by molar-refractivity contribution is 0.0697. The van der Waals surface area contributed by atoms with Crippen LogP contribution in [-0.4, -0.2) is 43.5 Å². The maximum atomic E-state index is 12.5. The number of aromatic carboxylic acids is 1. The second-order valence-electron chi connectivity index (χ2n) is 11.6. The zero-order valence-corrected chi connectivity index (χ0v) is 27.9. The molecule has 0 unspecified atom stereocenters. The van der Waals surface area contributed by atoms with Crippen molar-refractivity contribution in [3.05, 3.63) is 160 Å². The highest BCUT2D eigenvalue weighted by atomic mass is 35.5. The van der Waals surface area contributed by atoms with Gasteiger partial charge in [0.1, 0.15) is 5.75 Å². The number of rotatable bonds is 13. The minimum absolute atomic E-state index is 0.160. The van der Waals surface area contributed by atoms with Crippen LogP contribution in [0.3, 0.4) is 0 Å². The van der Waals surface area contributed by atoms with Crippen molar-refractivity contribution in [2.24, 2.45) is 0 Å². The number of aromatic nitrogens is 1. The Kier molecular flexibility index (Phi) is 9.85. The summed E-state index contributed by atoms with van der Waals surface area (Å²) in [5, 5.41) is 14.3. The van der Waals surface area contributed by atoms with E-state index in [1.807, 2.05) is 54.6 Å². The Bertz CT molecular complexity index is 2110. The number of hydrogen-bond acceptors (Lipinski definition) is 5. The van der Waals surface area contributed by atoms with Crippen LogP contribution in [0, 0.1) is 0 Å². The van der Waals surface area contributed by atoms with Gasteiger partial charge in [-0.15, -0.1) is 0 Å². The molecule has 1 aromatic heterocycles. The topological polar surface area (TPSA) is 97.6 Å². The normalized spacial score (nSPS) is 11.6. The van der Waals surface area contributed by atoms with Crippen LogP contribution in [0.1, 0.15) is 38.8 Å². The molecule has 2 N–H and O–H groups in total. The second kappa shape index (κ2) is 14.4. The number of nitrogens with one attached hydrogen (secondary N) is 1. The van der Waals surface area contributed by atoms with Gasteiger partial charge in [0, 0.05) is 47.3 Å². The Balaban J connectivity index is 1.45. The number of para-hydroxylation sites is 1. The number of nitrogens with zero attached hydrogens (tertiary/aromatic N) is 1. The molecule has 5 aromatic carbocycles. The minimum atomic E-state index is -3.43. The molecule has 244 valence electrons. The van der Waals surface area contributed by atoms with Crippen LogP contribution in [0.4, 0.5) is 5.69 Å². The first kappa shape index (κ1) is 32.9. The number of carboxylic acid groups (broad SMARTS) is 1. The summed E-state index contributed by atoms with van der Waals surface area (Å²) in [6.45, 7) is 0.814. The smallest absolute Gasteiger partial charge is 0.335 e. The van der Waals surface area contributed by atoms with Gasteiger partial charge < -0.3 is 19.7 Å². The fourth-order valence-electron chi connectivity index (χ4n) is 6.23. The highest BCUT2D eigenvalue weighted by Gasteiger charge is 2.26. The molecule has 48 heavy (non-hydrogen) atoms. The summed E-state index contributed by atoms with van der Waals surface area (Å²) in [6.07, 6.45) is 2.34. The predicted octanol–water partition coefficient (Wildman–Crippen LogP) is 8.31. The molecule has 0 aliphatic carbocycles. The number of anilines is 1. The van der Waals surface area contributed by atoms with E-state index < -0.39 is 15.8 Å². The average Bonchev–Trinajstić information content (AvgIpc) is 3.37. The summed E-state index contributed by atoms with van der Waals surface area (Å²) in [6, 6.07) is 39.8. The van der Waals surface area contributed by atoms with E-state index in [4.69, 9.17) is 16.3 Å². The Morgan fingerprint density at radius 2 is 1.46 bits per heavy atom. The first-order chi connectivity index (χ1) is 23.2. The standard InChI is InChI=1S/C39H35ClN2O5S/c1-48(45,46)37-15-9-8-14-34(37)41-24-22-36-32(23-25-47-31-19-16-29(17-20-31)39(43)44)33-26-30(40)18-21-35(33)42(36)38(27-10-4-2-5-11-27)28-12-6-3-7-13-28/h2-21,26,38,41H,22-25H2,1H3,(H,43,44). The molecule has 0 radical (unpaired) electrons. The van der Waals surface area contributed by atoms with Gasteiger partial charge >= 0.3 is 5.97 Å². The number of ether oxygens (including phenoxy) is 1. The molecule has 7 nitrogen and oxygen atoms in total. The van der Waals surface area contributed by atoms with E-state index in [0.717, 1.165) is 33.3 Å². The van der Waals surface area contributed by atoms with Crippen LogP contribution >= 0.6 is 11.6 Å². The number of benzene rings is 5. The van der Waals surface area contributed by atoms with E-state index in [1.54, 1.807) is 30.3 Å². The SMILES string of the molecule is CS(=O)(=O)c1ccccc1NCCc1c(CCOc2ccc(C(=O)O)cc2)c2cc(Cl)ccc2n1C(c1ccccc1)c1ccccc1. The van der Waals surface area contributed by atoms with Crippen molar-refractivity contribution in [3.8, 4) is 5.75 Å². The molecular weight excluding hydrogens is 644 g/mol. The third-order valence-corrected chi connectivity index (χ3v) is 9.75. The zero-order valence-electron chi connectivity index (χ0n) is 26.3. The maximum Gasteiger partial charge on any atom is 0.335 e. The molecule has 0 aliphatic heterocycles. The van der Waals surface area contributed by atoms with Gasteiger partial charge in [-0.2, -0.15) is 0 Å². The van der Waals surface area contributed by atoms with Crippen LogP contribution in [0.15, 0.2) is 132 Å². The lowest BCUT2D eigenvalue weighted by Gasteiger charge is -2.25. The first-order valence-electron chi connectivity index (χ1n) is 15.6. The average molecular weight is 679 g/mol. The molecular formula is C39H35ClN2O5S. The predicted molar refractivity (Wildman–Crippen MR) is 191 cm³/mol. The fourth-order valence-corrected chi connectivity index (χ4v) is 7.27. The number of fused-ring (bicyclic) bond motifs is 1. The van der Waals surface area contributed by atoms with Crippen molar-refractivity contribution in [1.29, 1.82) is 0 Å². The van der Waals surface area contributed by atoms with Gasteiger partial charge in [0.15, 0.2) is 9.84 Å². The number of carbonyl (C=O) groups is 1. The molecule has 0 bridgehead atoms. The van der Waals surface area contributed by atoms with Crippen molar-refractivity contribution in [2.45, 2.75) is 23.8 Å². The van der Waals surface area contributed by atoms with E-state index in [9.17, 15) is 18.3 Å². The molecule has 0 aliphatic rings. The number of sulfone groups is 1. The molecule has 9 heteroatoms. The lowest BCUT2D eigenvalue weighted by atomic mass is 9.97. The van der Waals surface area contributed by atoms with Crippen LogP contribution in [0.5, 0.6) is 5.75 Å². The van der Waals surface area contributed by atoms with E-state index in [1.165, 1.54) is 18.4 Å². The van der Waals surface area contributed by atoms with Gasteiger partial charge in [0.2, 0.25) is 0 Å². The Morgan fingerprint density at radius 1 is 0.833 bits per heavy atom. The van der Waals surface area contributed by atoms with Crippen molar-refractivity contribution >= 4 is 44.0 Å². The molecule has 0 fully saturated rings. The van der Waals surface area contributed by atoms with Gasteiger partial charge in [-0.1, -0.05) is 84.4 Å². The third-order valence-electron chi connectivity index (χ3n) is 8.36. The van der Waals surface area contributed by atoms with Gasteiger partial charge in [-0.05, 0) is 71.3 Å². The lowest BCUT2D eigenvalue weighted by Crippen LogP contribution is -2.18. The van der Waals surface area contributed by atoms with Crippen LogP contribution < -0.4 is 10.1 Å². The highest BCUT2D eigenvalue weighted by molar-refractivity contribution is 7.90. The summed E-state index contributed by atoms with van der Waals surface area (Å²) in [4.78, 5) is 11.6. The Hall–Kier alpha value is -5.05. The summed E-state index contributed by atoms with van der Waals surface area (Å²) >= 11 is 6.62. The zero-order chi connectivity index (χ0) is 33.7. The van der Waals surface area contributed by atoms with Crippen molar-refractivity contribution in [1.82, 2.24) is 4.57 Å². The minimum Gasteiger partial charge on any atom is -0.493 e. The van der Waals surface area contributed by atoms with Gasteiger partial charge in [-0.25, -0.2) is 13.2 Å². The van der Waals surface area contributed by atoms with Gasteiger partial charge in [-0.3, -0.25) is 0 Å². The van der Waals surface area contributed by atoms with Crippen LogP contribution in [0.25, 0.3) is 10.9 Å². The van der Waals surface area contributed by atoms with Gasteiger partial charge in [0.25, 0.3) is 0 Å².